The van der Waals surface area contributed by atoms with Gasteiger partial charge in [-0.3, -0.25) is 14.5 Å². The Bertz CT molecular complexity index is 1390. The summed E-state index contributed by atoms with van der Waals surface area (Å²) < 4.78 is 42.5. The van der Waals surface area contributed by atoms with Gasteiger partial charge in [-0.05, 0) is 42.5 Å². The largest absolute Gasteiger partial charge is 0.340 e. The molecular formula is C20H15ClFN5O3S. The molecule has 0 radical (unpaired) electrons. The van der Waals surface area contributed by atoms with E-state index in [9.17, 15) is 17.6 Å². The van der Waals surface area contributed by atoms with E-state index in [-0.39, 0.29) is 21.4 Å². The molecule has 2 aromatic carbocycles. The van der Waals surface area contributed by atoms with Gasteiger partial charge in [0.15, 0.2) is 5.82 Å². The predicted octanol–water partition coefficient (Wildman–Crippen LogP) is 3.81. The van der Waals surface area contributed by atoms with Gasteiger partial charge in [0.25, 0.3) is 15.9 Å². The number of halogens is 2. The predicted molar refractivity (Wildman–Crippen MR) is 115 cm³/mol. The van der Waals surface area contributed by atoms with Crippen molar-refractivity contribution in [1.82, 2.24) is 14.5 Å². The lowest BCUT2D eigenvalue weighted by atomic mass is 10.2. The topological polar surface area (TPSA) is 106 Å². The third-order valence-corrected chi connectivity index (χ3v) is 6.33. The van der Waals surface area contributed by atoms with Crippen molar-refractivity contribution in [2.75, 3.05) is 10.0 Å². The maximum Gasteiger partial charge on any atom is 0.272 e. The fourth-order valence-corrected chi connectivity index (χ4v) is 4.24. The number of anilines is 2. The summed E-state index contributed by atoms with van der Waals surface area (Å²) in [6, 6.07) is 9.89. The molecule has 0 aliphatic rings. The number of aryl methyl sites for hydroxylation is 1. The van der Waals surface area contributed by atoms with Crippen LogP contribution in [0.4, 0.5) is 15.9 Å². The molecule has 0 aliphatic heterocycles. The van der Waals surface area contributed by atoms with E-state index in [0.717, 1.165) is 0 Å². The van der Waals surface area contributed by atoms with Crippen molar-refractivity contribution in [3.8, 4) is 0 Å². The number of sulfonamides is 1. The van der Waals surface area contributed by atoms with Crippen LogP contribution in [-0.4, -0.2) is 28.9 Å². The second-order valence-electron chi connectivity index (χ2n) is 6.56. The molecule has 0 atom stereocenters. The van der Waals surface area contributed by atoms with Gasteiger partial charge in [0.05, 0.1) is 21.6 Å². The highest BCUT2D eigenvalue weighted by molar-refractivity contribution is 7.92. The molecule has 0 fully saturated rings. The smallest absolute Gasteiger partial charge is 0.272 e. The van der Waals surface area contributed by atoms with Gasteiger partial charge in [0, 0.05) is 30.5 Å². The molecule has 0 bridgehead atoms. The average Bonchev–Trinajstić information content (AvgIpc) is 3.09. The zero-order chi connectivity index (χ0) is 22.2. The van der Waals surface area contributed by atoms with Crippen molar-refractivity contribution >= 4 is 49.9 Å². The molecule has 31 heavy (non-hydrogen) atoms. The van der Waals surface area contributed by atoms with Crippen molar-refractivity contribution < 1.29 is 17.6 Å². The number of nitrogens with zero attached hydrogens (tertiary/aromatic N) is 3. The molecular weight excluding hydrogens is 445 g/mol. The third kappa shape index (κ3) is 4.07. The highest BCUT2D eigenvalue weighted by atomic mass is 35.5. The number of rotatable bonds is 5. The monoisotopic (exact) mass is 459 g/mol. The number of aromatic nitrogens is 3. The van der Waals surface area contributed by atoms with Crippen LogP contribution in [0.15, 0.2) is 66.0 Å². The molecule has 0 saturated heterocycles. The van der Waals surface area contributed by atoms with Crippen molar-refractivity contribution in [3.63, 3.8) is 0 Å². The molecule has 0 spiro atoms. The summed E-state index contributed by atoms with van der Waals surface area (Å²) in [4.78, 5) is 20.4. The summed E-state index contributed by atoms with van der Waals surface area (Å²) in [5.41, 5.74) is 1.25. The first kappa shape index (κ1) is 20.8. The molecule has 158 valence electrons. The highest BCUT2D eigenvalue weighted by Gasteiger charge is 2.18. The van der Waals surface area contributed by atoms with E-state index in [1.54, 1.807) is 11.6 Å². The van der Waals surface area contributed by atoms with E-state index in [4.69, 9.17) is 11.6 Å². The Hall–Kier alpha value is -3.50. The van der Waals surface area contributed by atoms with Crippen LogP contribution in [0.25, 0.3) is 10.9 Å². The highest BCUT2D eigenvalue weighted by Crippen LogP contribution is 2.29. The Kier molecular flexibility index (Phi) is 5.34. The number of nitrogens with one attached hydrogen (secondary N) is 2. The number of hydrogen-bond acceptors (Lipinski definition) is 5. The minimum Gasteiger partial charge on any atom is -0.340 e. The maximum absolute atomic E-state index is 13.7. The minimum atomic E-state index is -3.86. The Morgan fingerprint density at radius 3 is 2.55 bits per heavy atom. The quantitative estimate of drug-likeness (QED) is 0.472. The van der Waals surface area contributed by atoms with Gasteiger partial charge < -0.3 is 9.88 Å². The van der Waals surface area contributed by atoms with Crippen LogP contribution in [0.2, 0.25) is 5.02 Å². The normalized spacial score (nSPS) is 11.5. The Morgan fingerprint density at radius 2 is 1.87 bits per heavy atom. The fraction of sp³-hybridized carbons (Fsp3) is 0.0500. The zero-order valence-corrected chi connectivity index (χ0v) is 17.6. The standard InChI is InChI=1S/C20H15ClFN5O3S/c1-27-16-7-6-15(22)19(21)14(16)10-17(27)20(28)25-12-2-4-13(5-3-12)31(29,30)26-18-11-23-8-9-24-18/h2-11H,1H3,(H,24,26)(H,25,28). The molecule has 4 aromatic rings. The minimum absolute atomic E-state index is 0.0111. The summed E-state index contributed by atoms with van der Waals surface area (Å²) in [6.07, 6.45) is 4.08. The van der Waals surface area contributed by atoms with Crippen molar-refractivity contribution in [3.05, 3.63) is 77.6 Å². The van der Waals surface area contributed by atoms with Crippen molar-refractivity contribution in [1.29, 1.82) is 0 Å². The van der Waals surface area contributed by atoms with Gasteiger partial charge in [-0.15, -0.1) is 0 Å². The lowest BCUT2D eigenvalue weighted by Gasteiger charge is -2.09. The molecule has 2 aromatic heterocycles. The van der Waals surface area contributed by atoms with Crippen LogP contribution in [0, 0.1) is 5.82 Å². The molecule has 4 rings (SSSR count). The number of amides is 1. The van der Waals surface area contributed by atoms with E-state index in [1.165, 1.54) is 61.1 Å². The maximum atomic E-state index is 13.7. The summed E-state index contributed by atoms with van der Waals surface area (Å²) >= 11 is 6.00. The molecule has 2 N–H and O–H groups in total. The third-order valence-electron chi connectivity index (χ3n) is 4.57. The van der Waals surface area contributed by atoms with Crippen LogP contribution in [-0.2, 0) is 17.1 Å². The van der Waals surface area contributed by atoms with Crippen LogP contribution in [0.3, 0.4) is 0 Å². The van der Waals surface area contributed by atoms with Crippen LogP contribution in [0.5, 0.6) is 0 Å². The molecule has 0 saturated carbocycles. The first-order valence-corrected chi connectivity index (χ1v) is 10.8. The van der Waals surface area contributed by atoms with Gasteiger partial charge in [0.1, 0.15) is 11.5 Å². The van der Waals surface area contributed by atoms with Gasteiger partial charge in [-0.2, -0.15) is 0 Å². The summed E-state index contributed by atoms with van der Waals surface area (Å²) in [7, 11) is -2.20. The lowest BCUT2D eigenvalue weighted by Crippen LogP contribution is -2.16. The Morgan fingerprint density at radius 1 is 1.13 bits per heavy atom. The number of carbonyl (C=O) groups excluding carboxylic acids is 1. The number of fused-ring (bicyclic) bond motifs is 1. The lowest BCUT2D eigenvalue weighted by molar-refractivity contribution is 0.101. The SMILES string of the molecule is Cn1c(C(=O)Nc2ccc(S(=O)(=O)Nc3cnccn3)cc2)cc2c(Cl)c(F)ccc21. The van der Waals surface area contributed by atoms with E-state index >= 15 is 0 Å². The Labute approximate surface area is 181 Å². The fourth-order valence-electron chi connectivity index (χ4n) is 3.03. The first-order chi connectivity index (χ1) is 14.8. The van der Waals surface area contributed by atoms with Gasteiger partial charge in [0.2, 0.25) is 0 Å². The average molecular weight is 460 g/mol. The number of carbonyl (C=O) groups is 1. The van der Waals surface area contributed by atoms with E-state index in [0.29, 0.717) is 16.6 Å². The molecule has 0 unspecified atom stereocenters. The molecule has 11 heteroatoms. The van der Waals surface area contributed by atoms with E-state index in [2.05, 4.69) is 20.0 Å². The summed E-state index contributed by atoms with van der Waals surface area (Å²) in [5, 5.41) is 3.05. The second kappa shape index (κ2) is 7.97. The van der Waals surface area contributed by atoms with E-state index in [1.807, 2.05) is 0 Å². The molecule has 2 heterocycles. The van der Waals surface area contributed by atoms with Gasteiger partial charge in [-0.1, -0.05) is 11.6 Å². The number of benzene rings is 2. The molecule has 0 aliphatic carbocycles. The van der Waals surface area contributed by atoms with Crippen LogP contribution >= 0.6 is 11.6 Å². The second-order valence-corrected chi connectivity index (χ2v) is 8.62. The summed E-state index contributed by atoms with van der Waals surface area (Å²) in [5.74, 6) is -0.937. The zero-order valence-electron chi connectivity index (χ0n) is 16.0. The van der Waals surface area contributed by atoms with E-state index < -0.39 is 21.7 Å². The molecule has 1 amide bonds. The Balaban J connectivity index is 1.54. The van der Waals surface area contributed by atoms with Crippen LogP contribution < -0.4 is 10.0 Å². The first-order valence-electron chi connectivity index (χ1n) is 8.90. The van der Waals surface area contributed by atoms with Crippen molar-refractivity contribution in [2.24, 2.45) is 7.05 Å². The van der Waals surface area contributed by atoms with Gasteiger partial charge >= 0.3 is 0 Å². The summed E-state index contributed by atoms with van der Waals surface area (Å²) in [6.45, 7) is 0. The van der Waals surface area contributed by atoms with Crippen molar-refractivity contribution in [2.45, 2.75) is 4.90 Å². The molecule has 8 nitrogen and oxygen atoms in total. The number of hydrogen-bond donors (Lipinski definition) is 2. The van der Waals surface area contributed by atoms with Crippen LogP contribution in [0.1, 0.15) is 10.5 Å². The van der Waals surface area contributed by atoms with Gasteiger partial charge in [-0.25, -0.2) is 17.8 Å².